The topological polar surface area (TPSA) is 53.1 Å². The van der Waals surface area contributed by atoms with Gasteiger partial charge in [-0.05, 0) is 18.6 Å². The molecule has 0 atom stereocenters. The second-order valence-electron chi connectivity index (χ2n) is 4.59. The van der Waals surface area contributed by atoms with Gasteiger partial charge in [-0.3, -0.25) is 4.79 Å². The molecule has 1 aromatic heterocycles. The Morgan fingerprint density at radius 1 is 1.00 bits per heavy atom. The SMILES string of the molecule is Cc1ccc(-c2c(O)c(=O)[nH]c3ccccc23)cc1. The molecule has 0 saturated heterocycles. The maximum absolute atomic E-state index is 11.8. The predicted molar refractivity (Wildman–Crippen MR) is 76.4 cm³/mol. The second-order valence-corrected chi connectivity index (χ2v) is 4.59. The minimum Gasteiger partial charge on any atom is -0.503 e. The Labute approximate surface area is 110 Å². The molecule has 1 heterocycles. The molecular formula is C16H13NO2. The first-order valence-corrected chi connectivity index (χ1v) is 6.08. The third-order valence-corrected chi connectivity index (χ3v) is 3.24. The first-order valence-electron chi connectivity index (χ1n) is 6.08. The summed E-state index contributed by atoms with van der Waals surface area (Å²) in [5.41, 5.74) is 2.82. The summed E-state index contributed by atoms with van der Waals surface area (Å²) in [7, 11) is 0. The lowest BCUT2D eigenvalue weighted by atomic mass is 9.99. The molecule has 0 spiro atoms. The summed E-state index contributed by atoms with van der Waals surface area (Å²) in [5, 5.41) is 10.9. The Hall–Kier alpha value is -2.55. The number of hydrogen-bond acceptors (Lipinski definition) is 2. The molecule has 0 bridgehead atoms. The molecule has 3 nitrogen and oxygen atoms in total. The average molecular weight is 251 g/mol. The quantitative estimate of drug-likeness (QED) is 0.697. The summed E-state index contributed by atoms with van der Waals surface area (Å²) in [4.78, 5) is 14.5. The van der Waals surface area contributed by atoms with E-state index in [2.05, 4.69) is 4.98 Å². The number of aromatic amines is 1. The highest BCUT2D eigenvalue weighted by Gasteiger charge is 2.12. The third-order valence-electron chi connectivity index (χ3n) is 3.24. The van der Waals surface area contributed by atoms with Crippen LogP contribution in [0.5, 0.6) is 5.75 Å². The Kier molecular flexibility index (Phi) is 2.60. The van der Waals surface area contributed by atoms with Crippen molar-refractivity contribution in [3.05, 3.63) is 64.4 Å². The van der Waals surface area contributed by atoms with Gasteiger partial charge in [-0.25, -0.2) is 0 Å². The van der Waals surface area contributed by atoms with E-state index in [1.54, 1.807) is 0 Å². The van der Waals surface area contributed by atoms with Gasteiger partial charge in [0.15, 0.2) is 5.75 Å². The lowest BCUT2D eigenvalue weighted by molar-refractivity contribution is 0.470. The molecule has 0 aliphatic heterocycles. The molecule has 0 aliphatic carbocycles. The largest absolute Gasteiger partial charge is 0.503 e. The summed E-state index contributed by atoms with van der Waals surface area (Å²) in [6.07, 6.45) is 0. The smallest absolute Gasteiger partial charge is 0.291 e. The van der Waals surface area contributed by atoms with Crippen molar-refractivity contribution in [2.75, 3.05) is 0 Å². The molecule has 0 amide bonds. The van der Waals surface area contributed by atoms with Gasteiger partial charge >= 0.3 is 0 Å². The first-order chi connectivity index (χ1) is 9.16. The van der Waals surface area contributed by atoms with Crippen molar-refractivity contribution in [2.24, 2.45) is 0 Å². The van der Waals surface area contributed by atoms with Crippen molar-refractivity contribution in [3.8, 4) is 16.9 Å². The molecule has 94 valence electrons. The number of hydrogen-bond donors (Lipinski definition) is 2. The molecule has 0 unspecified atom stereocenters. The van der Waals surface area contributed by atoms with E-state index in [0.717, 1.165) is 22.0 Å². The lowest BCUT2D eigenvalue weighted by Gasteiger charge is -2.09. The molecule has 2 aromatic carbocycles. The highest BCUT2D eigenvalue weighted by atomic mass is 16.3. The van der Waals surface area contributed by atoms with E-state index in [-0.39, 0.29) is 5.75 Å². The lowest BCUT2D eigenvalue weighted by Crippen LogP contribution is -2.06. The molecule has 0 radical (unpaired) electrons. The van der Waals surface area contributed by atoms with Crippen molar-refractivity contribution >= 4 is 10.9 Å². The van der Waals surface area contributed by atoms with Crippen molar-refractivity contribution in [1.29, 1.82) is 0 Å². The van der Waals surface area contributed by atoms with Crippen LogP contribution >= 0.6 is 0 Å². The van der Waals surface area contributed by atoms with Gasteiger partial charge in [0.25, 0.3) is 5.56 Å². The zero-order valence-electron chi connectivity index (χ0n) is 10.5. The zero-order valence-corrected chi connectivity index (χ0v) is 10.5. The molecular weight excluding hydrogens is 238 g/mol. The fraction of sp³-hybridized carbons (Fsp3) is 0.0625. The fourth-order valence-corrected chi connectivity index (χ4v) is 2.25. The number of fused-ring (bicyclic) bond motifs is 1. The maximum Gasteiger partial charge on any atom is 0.291 e. The highest BCUT2D eigenvalue weighted by Crippen LogP contribution is 2.32. The molecule has 19 heavy (non-hydrogen) atoms. The van der Waals surface area contributed by atoms with E-state index in [1.165, 1.54) is 0 Å². The maximum atomic E-state index is 11.8. The van der Waals surface area contributed by atoms with Crippen LogP contribution in [0.15, 0.2) is 53.3 Å². The van der Waals surface area contributed by atoms with Gasteiger partial charge in [0.2, 0.25) is 0 Å². The average Bonchev–Trinajstić information content (AvgIpc) is 2.42. The Bertz CT molecular complexity index is 801. The number of rotatable bonds is 1. The number of benzene rings is 2. The standard InChI is InChI=1S/C16H13NO2/c1-10-6-8-11(9-7-10)14-12-4-2-3-5-13(12)17-16(19)15(14)18/h2-9,18H,1H3,(H,17,19). The summed E-state index contributed by atoms with van der Waals surface area (Å²) < 4.78 is 0. The molecule has 0 aliphatic rings. The van der Waals surface area contributed by atoms with Crippen LogP contribution in [-0.2, 0) is 0 Å². The van der Waals surface area contributed by atoms with E-state index in [0.29, 0.717) is 5.56 Å². The number of aromatic nitrogens is 1. The fourth-order valence-electron chi connectivity index (χ4n) is 2.25. The molecule has 0 saturated carbocycles. The second kappa shape index (κ2) is 4.28. The van der Waals surface area contributed by atoms with Gasteiger partial charge < -0.3 is 10.1 Å². The molecule has 3 heteroatoms. The van der Waals surface area contributed by atoms with Crippen molar-refractivity contribution in [3.63, 3.8) is 0 Å². The minimum atomic E-state index is -0.464. The minimum absolute atomic E-state index is 0.234. The van der Waals surface area contributed by atoms with E-state index >= 15 is 0 Å². The molecule has 3 rings (SSSR count). The van der Waals surface area contributed by atoms with Crippen LogP contribution in [0.4, 0.5) is 0 Å². The summed E-state index contributed by atoms with van der Waals surface area (Å²) in [5.74, 6) is -0.234. The van der Waals surface area contributed by atoms with Crippen molar-refractivity contribution < 1.29 is 5.11 Å². The van der Waals surface area contributed by atoms with E-state index < -0.39 is 5.56 Å². The number of aromatic hydroxyl groups is 1. The Balaban J connectivity index is 2.42. The van der Waals surface area contributed by atoms with E-state index in [4.69, 9.17) is 0 Å². The van der Waals surface area contributed by atoms with E-state index in [9.17, 15) is 9.90 Å². The van der Waals surface area contributed by atoms with Gasteiger partial charge in [-0.15, -0.1) is 0 Å². The number of H-pyrrole nitrogens is 1. The monoisotopic (exact) mass is 251 g/mol. The van der Waals surface area contributed by atoms with Crippen molar-refractivity contribution in [1.82, 2.24) is 4.98 Å². The van der Waals surface area contributed by atoms with Crippen LogP contribution in [0, 0.1) is 6.92 Å². The highest BCUT2D eigenvalue weighted by molar-refractivity contribution is 5.97. The first kappa shape index (κ1) is 11.5. The third kappa shape index (κ3) is 1.89. The van der Waals surface area contributed by atoms with Crippen LogP contribution in [0.3, 0.4) is 0 Å². The van der Waals surface area contributed by atoms with Gasteiger partial charge in [0.1, 0.15) is 0 Å². The summed E-state index contributed by atoms with van der Waals surface area (Å²) >= 11 is 0. The molecule has 0 fully saturated rings. The van der Waals surface area contributed by atoms with Gasteiger partial charge in [0, 0.05) is 16.5 Å². The Morgan fingerprint density at radius 2 is 1.68 bits per heavy atom. The van der Waals surface area contributed by atoms with Crippen LogP contribution in [-0.4, -0.2) is 10.1 Å². The Morgan fingerprint density at radius 3 is 2.42 bits per heavy atom. The summed E-state index contributed by atoms with van der Waals surface area (Å²) in [6.45, 7) is 2.00. The van der Waals surface area contributed by atoms with Crippen LogP contribution in [0.25, 0.3) is 22.0 Å². The van der Waals surface area contributed by atoms with Gasteiger partial charge in [-0.1, -0.05) is 48.0 Å². The number of para-hydroxylation sites is 1. The van der Waals surface area contributed by atoms with Crippen LogP contribution in [0.1, 0.15) is 5.56 Å². The van der Waals surface area contributed by atoms with Crippen LogP contribution in [0.2, 0.25) is 0 Å². The zero-order chi connectivity index (χ0) is 13.4. The number of aryl methyl sites for hydroxylation is 1. The normalized spacial score (nSPS) is 10.8. The molecule has 3 aromatic rings. The van der Waals surface area contributed by atoms with E-state index in [1.807, 2.05) is 55.5 Å². The summed E-state index contributed by atoms with van der Waals surface area (Å²) in [6, 6.07) is 15.2. The van der Waals surface area contributed by atoms with Crippen molar-refractivity contribution in [2.45, 2.75) is 6.92 Å². The predicted octanol–water partition coefficient (Wildman–Crippen LogP) is 3.21. The van der Waals surface area contributed by atoms with Gasteiger partial charge in [0.05, 0.1) is 0 Å². The van der Waals surface area contributed by atoms with Crippen LogP contribution < -0.4 is 5.56 Å². The van der Waals surface area contributed by atoms with Gasteiger partial charge in [-0.2, -0.15) is 0 Å². The molecule has 2 N–H and O–H groups in total. The number of pyridine rings is 1. The number of nitrogens with one attached hydrogen (secondary N) is 1.